The van der Waals surface area contributed by atoms with Gasteiger partial charge in [-0.2, -0.15) is 0 Å². The number of anilines is 2. The number of nitrogens with two attached hydrogens (primary N) is 1. The fraction of sp³-hybridized carbons (Fsp3) is 0.133. The van der Waals surface area contributed by atoms with Crippen molar-refractivity contribution in [3.05, 3.63) is 58.1 Å². The van der Waals surface area contributed by atoms with Crippen molar-refractivity contribution in [1.29, 1.82) is 0 Å². The number of nitrogen functional groups attached to an aromatic ring is 1. The average molecular weight is 319 g/mol. The molecule has 0 unspecified atom stereocenters. The number of benzene rings is 2. The Morgan fingerprint density at radius 1 is 1.21 bits per heavy atom. The fourth-order valence-corrected chi connectivity index (χ4v) is 2.07. The Morgan fingerprint density at radius 3 is 2.53 bits per heavy atom. The summed E-state index contributed by atoms with van der Waals surface area (Å²) in [5.74, 6) is -0.144. The van der Waals surface area contributed by atoms with Gasteiger partial charge in [0.25, 0.3) is 5.91 Å². The van der Waals surface area contributed by atoms with Crippen molar-refractivity contribution >= 4 is 33.2 Å². The molecule has 1 amide bonds. The topological polar surface area (TPSA) is 55.1 Å². The molecule has 0 saturated carbocycles. The molecule has 3 nitrogen and oxygen atoms in total. The van der Waals surface area contributed by atoms with Crippen LogP contribution in [0.15, 0.2) is 46.9 Å². The molecule has 0 heterocycles. The lowest BCUT2D eigenvalue weighted by atomic mass is 10.1. The number of hydrogen-bond donors (Lipinski definition) is 2. The number of aryl methyl sites for hydroxylation is 1. The van der Waals surface area contributed by atoms with Gasteiger partial charge in [0.05, 0.1) is 5.69 Å². The van der Waals surface area contributed by atoms with Gasteiger partial charge in [0, 0.05) is 15.7 Å². The van der Waals surface area contributed by atoms with Crippen molar-refractivity contribution in [2.24, 2.45) is 0 Å². The summed E-state index contributed by atoms with van der Waals surface area (Å²) in [7, 11) is 0. The van der Waals surface area contributed by atoms with Crippen molar-refractivity contribution in [1.82, 2.24) is 0 Å². The van der Waals surface area contributed by atoms with E-state index in [-0.39, 0.29) is 5.91 Å². The largest absolute Gasteiger partial charge is 0.399 e. The summed E-state index contributed by atoms with van der Waals surface area (Å²) in [6, 6.07) is 12.9. The smallest absolute Gasteiger partial charge is 0.255 e. The minimum Gasteiger partial charge on any atom is -0.399 e. The van der Waals surface area contributed by atoms with Gasteiger partial charge in [0.1, 0.15) is 0 Å². The fourth-order valence-electron chi connectivity index (χ4n) is 1.72. The highest BCUT2D eigenvalue weighted by Crippen LogP contribution is 2.25. The first-order valence-electron chi connectivity index (χ1n) is 6.05. The van der Waals surface area contributed by atoms with Gasteiger partial charge >= 0.3 is 0 Å². The minimum atomic E-state index is -0.144. The summed E-state index contributed by atoms with van der Waals surface area (Å²) in [4.78, 5) is 12.1. The van der Waals surface area contributed by atoms with Gasteiger partial charge in [-0.15, -0.1) is 0 Å². The second-order valence-electron chi connectivity index (χ2n) is 4.24. The number of rotatable bonds is 3. The number of halogens is 1. The Hall–Kier alpha value is -1.81. The van der Waals surface area contributed by atoms with Crippen molar-refractivity contribution < 1.29 is 4.79 Å². The summed E-state index contributed by atoms with van der Waals surface area (Å²) in [5.41, 5.74) is 8.83. The third-order valence-electron chi connectivity index (χ3n) is 2.86. The molecular formula is C15H15BrN2O. The first kappa shape index (κ1) is 13.6. The first-order chi connectivity index (χ1) is 9.10. The van der Waals surface area contributed by atoms with Crippen LogP contribution in [0.2, 0.25) is 0 Å². The Morgan fingerprint density at radius 2 is 1.89 bits per heavy atom. The van der Waals surface area contributed by atoms with Gasteiger partial charge in [-0.05, 0) is 58.2 Å². The SMILES string of the molecule is CCc1ccc(C(=O)Nc2cc(N)ccc2Br)cc1. The van der Waals surface area contributed by atoms with Gasteiger partial charge in [0.2, 0.25) is 0 Å². The molecule has 0 fully saturated rings. The van der Waals surface area contributed by atoms with Crippen LogP contribution in [0.1, 0.15) is 22.8 Å². The Labute approximate surface area is 121 Å². The van der Waals surface area contributed by atoms with E-state index in [9.17, 15) is 4.79 Å². The van der Waals surface area contributed by atoms with E-state index in [1.807, 2.05) is 30.3 Å². The second-order valence-corrected chi connectivity index (χ2v) is 5.10. The lowest BCUT2D eigenvalue weighted by Crippen LogP contribution is -2.12. The van der Waals surface area contributed by atoms with Crippen LogP contribution >= 0.6 is 15.9 Å². The zero-order valence-corrected chi connectivity index (χ0v) is 12.2. The lowest BCUT2D eigenvalue weighted by Gasteiger charge is -2.08. The van der Waals surface area contributed by atoms with E-state index < -0.39 is 0 Å². The molecule has 4 heteroatoms. The van der Waals surface area contributed by atoms with E-state index in [0.717, 1.165) is 10.9 Å². The predicted molar refractivity (Wildman–Crippen MR) is 82.3 cm³/mol. The Kier molecular flexibility index (Phi) is 4.22. The van der Waals surface area contributed by atoms with Gasteiger partial charge < -0.3 is 11.1 Å². The number of carbonyl (C=O) groups excluding carboxylic acids is 1. The van der Waals surface area contributed by atoms with Crippen molar-refractivity contribution in [2.75, 3.05) is 11.1 Å². The van der Waals surface area contributed by atoms with E-state index >= 15 is 0 Å². The van der Waals surface area contributed by atoms with Crippen LogP contribution in [-0.4, -0.2) is 5.91 Å². The molecule has 0 aliphatic carbocycles. The Bertz CT molecular complexity index is 594. The maximum atomic E-state index is 12.1. The van der Waals surface area contributed by atoms with Gasteiger partial charge in [-0.1, -0.05) is 19.1 Å². The molecule has 0 radical (unpaired) electrons. The molecule has 0 bridgehead atoms. The number of nitrogens with one attached hydrogen (secondary N) is 1. The molecule has 0 spiro atoms. The zero-order chi connectivity index (χ0) is 13.8. The normalized spacial score (nSPS) is 10.2. The van der Waals surface area contributed by atoms with Gasteiger partial charge in [-0.3, -0.25) is 4.79 Å². The van der Waals surface area contributed by atoms with Crippen LogP contribution in [0.5, 0.6) is 0 Å². The maximum Gasteiger partial charge on any atom is 0.255 e. The zero-order valence-electron chi connectivity index (χ0n) is 10.6. The molecule has 19 heavy (non-hydrogen) atoms. The molecule has 2 aromatic rings. The quantitative estimate of drug-likeness (QED) is 0.845. The molecule has 0 aliphatic rings. The third-order valence-corrected chi connectivity index (χ3v) is 3.55. The number of amides is 1. The van der Waals surface area contributed by atoms with E-state index in [1.165, 1.54) is 5.56 Å². The van der Waals surface area contributed by atoms with E-state index in [1.54, 1.807) is 12.1 Å². The minimum absolute atomic E-state index is 0.144. The van der Waals surface area contributed by atoms with Crippen LogP contribution < -0.4 is 11.1 Å². The molecule has 0 aliphatic heterocycles. The maximum absolute atomic E-state index is 12.1. The standard InChI is InChI=1S/C15H15BrN2O/c1-2-10-3-5-11(6-4-10)15(19)18-14-9-12(17)7-8-13(14)16/h3-9H,2,17H2,1H3,(H,18,19). The van der Waals surface area contributed by atoms with Crippen molar-refractivity contribution in [2.45, 2.75) is 13.3 Å². The monoisotopic (exact) mass is 318 g/mol. The predicted octanol–water partition coefficient (Wildman–Crippen LogP) is 3.85. The molecule has 0 saturated heterocycles. The first-order valence-corrected chi connectivity index (χ1v) is 6.84. The van der Waals surface area contributed by atoms with Crippen LogP contribution in [0.4, 0.5) is 11.4 Å². The molecule has 2 rings (SSSR count). The van der Waals surface area contributed by atoms with E-state index in [4.69, 9.17) is 5.73 Å². The van der Waals surface area contributed by atoms with E-state index in [0.29, 0.717) is 16.9 Å². The molecular weight excluding hydrogens is 304 g/mol. The van der Waals surface area contributed by atoms with E-state index in [2.05, 4.69) is 28.2 Å². The average Bonchev–Trinajstić information content (AvgIpc) is 2.43. The van der Waals surface area contributed by atoms with Crippen molar-refractivity contribution in [3.8, 4) is 0 Å². The summed E-state index contributed by atoms with van der Waals surface area (Å²) < 4.78 is 0.806. The van der Waals surface area contributed by atoms with Crippen LogP contribution in [0.3, 0.4) is 0 Å². The van der Waals surface area contributed by atoms with Crippen LogP contribution in [0.25, 0.3) is 0 Å². The summed E-state index contributed by atoms with van der Waals surface area (Å²) in [6.07, 6.45) is 0.961. The number of carbonyl (C=O) groups is 1. The molecule has 98 valence electrons. The summed E-state index contributed by atoms with van der Waals surface area (Å²) >= 11 is 3.38. The Balaban J connectivity index is 2.18. The number of hydrogen-bond acceptors (Lipinski definition) is 2. The molecule has 0 aromatic heterocycles. The molecule has 0 atom stereocenters. The highest BCUT2D eigenvalue weighted by Gasteiger charge is 2.08. The molecule has 2 aromatic carbocycles. The summed E-state index contributed by atoms with van der Waals surface area (Å²) in [6.45, 7) is 2.08. The van der Waals surface area contributed by atoms with Gasteiger partial charge in [0.15, 0.2) is 0 Å². The van der Waals surface area contributed by atoms with Crippen molar-refractivity contribution in [3.63, 3.8) is 0 Å². The second kappa shape index (κ2) is 5.89. The molecule has 3 N–H and O–H groups in total. The third kappa shape index (κ3) is 3.35. The van der Waals surface area contributed by atoms with Crippen LogP contribution in [-0.2, 0) is 6.42 Å². The lowest BCUT2D eigenvalue weighted by molar-refractivity contribution is 0.102. The highest BCUT2D eigenvalue weighted by atomic mass is 79.9. The van der Waals surface area contributed by atoms with Gasteiger partial charge in [-0.25, -0.2) is 0 Å². The van der Waals surface area contributed by atoms with Crippen LogP contribution in [0, 0.1) is 0 Å². The summed E-state index contributed by atoms with van der Waals surface area (Å²) in [5, 5.41) is 2.84. The highest BCUT2D eigenvalue weighted by molar-refractivity contribution is 9.10.